The second kappa shape index (κ2) is 33.5. The number of hydrogen-bond acceptors (Lipinski definition) is 10. The van der Waals surface area contributed by atoms with Gasteiger partial charge in [-0.15, -0.1) is 0 Å². The highest BCUT2D eigenvalue weighted by molar-refractivity contribution is 7.98. The smallest absolute Gasteiger partial charge is 0.0110 e. The van der Waals surface area contributed by atoms with Crippen LogP contribution in [0.15, 0.2) is 0 Å². The number of rotatable bonds is 14. The molecule has 0 aromatic carbocycles. The average molecular weight is 594 g/mol. The molecule has 2 saturated heterocycles. The van der Waals surface area contributed by atoms with Crippen molar-refractivity contribution in [3.05, 3.63) is 0 Å². The number of nitrogens with zero attached hydrogens (tertiary/aromatic N) is 4. The fourth-order valence-electron chi connectivity index (χ4n) is 4.83. The third-order valence-corrected chi connectivity index (χ3v) is 7.83. The normalized spacial score (nSPS) is 17.2. The summed E-state index contributed by atoms with van der Waals surface area (Å²) in [7, 11) is 2.19. The molecule has 1 unspecified atom stereocenters. The molecule has 0 spiro atoms. The Hall–Kier alpha value is -0.0100. The minimum absolute atomic E-state index is 0.614. The van der Waals surface area contributed by atoms with E-state index in [2.05, 4.69) is 68.2 Å². The topological polar surface area (TPSA) is 143 Å². The van der Waals surface area contributed by atoms with E-state index in [9.17, 15) is 0 Å². The second-order valence-electron chi connectivity index (χ2n) is 11.0. The van der Waals surface area contributed by atoms with Gasteiger partial charge in [0.25, 0.3) is 0 Å². The van der Waals surface area contributed by atoms with Crippen molar-refractivity contribution >= 4 is 11.8 Å². The molecule has 0 bridgehead atoms. The predicted molar refractivity (Wildman–Crippen MR) is 184 cm³/mol. The summed E-state index contributed by atoms with van der Waals surface area (Å²) in [6.07, 6.45) is 8.69. The van der Waals surface area contributed by atoms with E-state index in [1.807, 2.05) is 6.26 Å². The number of likely N-dealkylation sites (tertiary alicyclic amines) is 2. The van der Waals surface area contributed by atoms with E-state index in [1.165, 1.54) is 51.7 Å². The molecule has 2 aliphatic rings. The van der Waals surface area contributed by atoms with Crippen LogP contribution in [0.2, 0.25) is 0 Å². The van der Waals surface area contributed by atoms with Gasteiger partial charge in [0.1, 0.15) is 0 Å². The van der Waals surface area contributed by atoms with E-state index in [0.29, 0.717) is 12.1 Å². The highest BCUT2D eigenvalue weighted by Gasteiger charge is 2.19. The zero-order valence-electron chi connectivity index (χ0n) is 28.3. The maximum Gasteiger partial charge on any atom is 0.0110 e. The van der Waals surface area contributed by atoms with Crippen LogP contribution in [0.3, 0.4) is 0 Å². The molecule has 0 aliphatic carbocycles. The van der Waals surface area contributed by atoms with E-state index in [0.717, 1.165) is 77.2 Å². The highest BCUT2D eigenvalue weighted by Crippen LogP contribution is 2.16. The third kappa shape index (κ3) is 28.1. The minimum Gasteiger partial charge on any atom is -0.330 e. The quantitative estimate of drug-likeness (QED) is 0.203. The molecule has 2 heterocycles. The molecule has 1 atom stereocenters. The summed E-state index contributed by atoms with van der Waals surface area (Å²) in [5.41, 5.74) is 26.7. The van der Waals surface area contributed by atoms with Crippen molar-refractivity contribution in [1.82, 2.24) is 19.6 Å². The summed E-state index contributed by atoms with van der Waals surface area (Å²) in [4.78, 5) is 9.52. The standard InChI is InChI=1S/C8H20N2.C7H16N2.C6H14N2.C6H16N2.C3H9NS/c1-7(2)10(6-5-9)8(3)4;1-9-6-2-3-7(9)4-5-8;7-3-6-8-4-1-2-5-8;1-3-8(4-2)6-5-7;1-5-3-2-4/h7-8H,5-6,9H2,1-4H3;7H,2-6,8H2,1H3;1-7H2;3-7H2,1-2H3;2-4H2,1H3. The van der Waals surface area contributed by atoms with E-state index < -0.39 is 0 Å². The zero-order valence-corrected chi connectivity index (χ0v) is 29.1. The van der Waals surface area contributed by atoms with Crippen molar-refractivity contribution in [2.75, 3.05) is 104 Å². The lowest BCUT2D eigenvalue weighted by molar-refractivity contribution is 0.180. The molecule has 0 aromatic heterocycles. The van der Waals surface area contributed by atoms with Crippen molar-refractivity contribution in [2.24, 2.45) is 28.7 Å². The van der Waals surface area contributed by atoms with Gasteiger partial charge in [-0.1, -0.05) is 13.8 Å². The van der Waals surface area contributed by atoms with Crippen molar-refractivity contribution in [3.63, 3.8) is 0 Å². The highest BCUT2D eigenvalue weighted by atomic mass is 32.2. The molecular formula is C30H75N9S. The van der Waals surface area contributed by atoms with Crippen LogP contribution in [-0.2, 0) is 0 Å². The Kier molecular flexibility index (Phi) is 37.2. The van der Waals surface area contributed by atoms with Gasteiger partial charge in [-0.05, 0) is 112 Å². The lowest BCUT2D eigenvalue weighted by Crippen LogP contribution is -2.40. The van der Waals surface area contributed by atoms with E-state index >= 15 is 0 Å². The van der Waals surface area contributed by atoms with Gasteiger partial charge in [0.2, 0.25) is 0 Å². The Bertz CT molecular complexity index is 448. The largest absolute Gasteiger partial charge is 0.330 e. The second-order valence-corrected chi connectivity index (χ2v) is 12.0. The molecule has 0 saturated carbocycles. The molecule has 0 radical (unpaired) electrons. The van der Waals surface area contributed by atoms with Crippen molar-refractivity contribution in [1.29, 1.82) is 0 Å². The predicted octanol–water partition coefficient (Wildman–Crippen LogP) is 2.13. The molecular weight excluding hydrogens is 518 g/mol. The molecule has 9 nitrogen and oxygen atoms in total. The summed E-state index contributed by atoms with van der Waals surface area (Å²) < 4.78 is 0. The molecule has 0 aromatic rings. The maximum atomic E-state index is 5.46. The van der Waals surface area contributed by atoms with Gasteiger partial charge >= 0.3 is 0 Å². The van der Waals surface area contributed by atoms with Gasteiger partial charge in [-0.3, -0.25) is 4.90 Å². The van der Waals surface area contributed by atoms with Gasteiger partial charge in [-0.25, -0.2) is 0 Å². The Balaban J connectivity index is -0.000000434. The van der Waals surface area contributed by atoms with Gasteiger partial charge in [0, 0.05) is 69.7 Å². The van der Waals surface area contributed by atoms with Crippen LogP contribution in [-0.4, -0.2) is 142 Å². The molecule has 0 amide bonds. The molecule has 2 rings (SSSR count). The molecule has 2 fully saturated rings. The summed E-state index contributed by atoms with van der Waals surface area (Å²) in [5.74, 6) is 1.08. The van der Waals surface area contributed by atoms with E-state index in [4.69, 9.17) is 28.7 Å². The van der Waals surface area contributed by atoms with Crippen LogP contribution in [0.5, 0.6) is 0 Å². The number of nitrogens with two attached hydrogens (primary N) is 5. The lowest BCUT2D eigenvalue weighted by Gasteiger charge is -2.29. The molecule has 2 aliphatic heterocycles. The fourth-order valence-corrected chi connectivity index (χ4v) is 5.06. The summed E-state index contributed by atoms with van der Waals surface area (Å²) in [5, 5.41) is 0. The molecule has 10 heteroatoms. The van der Waals surface area contributed by atoms with Crippen LogP contribution in [0.1, 0.15) is 73.6 Å². The Morgan fingerprint density at radius 2 is 1.30 bits per heavy atom. The van der Waals surface area contributed by atoms with Gasteiger partial charge in [-0.2, -0.15) is 11.8 Å². The first-order valence-electron chi connectivity index (χ1n) is 16.0. The van der Waals surface area contributed by atoms with Crippen molar-refractivity contribution < 1.29 is 0 Å². The Labute approximate surface area is 255 Å². The molecule has 40 heavy (non-hydrogen) atoms. The van der Waals surface area contributed by atoms with Crippen LogP contribution < -0.4 is 28.7 Å². The number of likely N-dealkylation sites (N-methyl/N-ethyl adjacent to an activating group) is 1. The van der Waals surface area contributed by atoms with Gasteiger partial charge in [0.15, 0.2) is 0 Å². The maximum absolute atomic E-state index is 5.46. The first kappa shape index (κ1) is 44.4. The van der Waals surface area contributed by atoms with Crippen LogP contribution >= 0.6 is 11.8 Å². The van der Waals surface area contributed by atoms with Crippen LogP contribution in [0, 0.1) is 0 Å². The lowest BCUT2D eigenvalue weighted by atomic mass is 10.1. The van der Waals surface area contributed by atoms with E-state index in [-0.39, 0.29) is 0 Å². The minimum atomic E-state index is 0.614. The van der Waals surface area contributed by atoms with Gasteiger partial charge < -0.3 is 43.4 Å². The summed E-state index contributed by atoms with van der Waals surface area (Å²) in [6, 6.07) is 2.02. The van der Waals surface area contributed by atoms with Crippen molar-refractivity contribution in [3.8, 4) is 0 Å². The Morgan fingerprint density at radius 3 is 1.55 bits per heavy atom. The average Bonchev–Trinajstić information content (AvgIpc) is 3.60. The Morgan fingerprint density at radius 1 is 0.750 bits per heavy atom. The van der Waals surface area contributed by atoms with Gasteiger partial charge in [0.05, 0.1) is 0 Å². The fraction of sp³-hybridized carbons (Fsp3) is 1.00. The molecule has 10 N–H and O–H groups in total. The number of thioether (sulfide) groups is 1. The first-order valence-corrected chi connectivity index (χ1v) is 17.4. The molecule has 246 valence electrons. The van der Waals surface area contributed by atoms with Crippen molar-refractivity contribution in [2.45, 2.75) is 91.8 Å². The first-order chi connectivity index (χ1) is 19.1. The summed E-state index contributed by atoms with van der Waals surface area (Å²) >= 11 is 1.78. The SMILES string of the molecule is CC(C)N(CCN)C(C)C.CCN(CC)CCN.CN1CCCC1CCN.CSCCN.NCCN1CCCC1. The van der Waals surface area contributed by atoms with Crippen LogP contribution in [0.4, 0.5) is 0 Å². The van der Waals surface area contributed by atoms with Crippen LogP contribution in [0.25, 0.3) is 0 Å². The zero-order chi connectivity index (χ0) is 31.2. The van der Waals surface area contributed by atoms with E-state index in [1.54, 1.807) is 11.8 Å². The summed E-state index contributed by atoms with van der Waals surface area (Å²) in [6.45, 7) is 26.3. The third-order valence-electron chi connectivity index (χ3n) is 7.19. The number of hydrogen-bond donors (Lipinski definition) is 5. The monoisotopic (exact) mass is 594 g/mol.